The maximum Gasteiger partial charge on any atom is 0.307 e. The molecule has 40 heavy (non-hydrogen) atoms. The molecule has 2 aromatic carbocycles. The van der Waals surface area contributed by atoms with Gasteiger partial charge in [-0.15, -0.1) is 6.58 Å². The fourth-order valence-corrected chi connectivity index (χ4v) is 5.96. The normalized spacial score (nSPS) is 21.6. The molecule has 0 aromatic heterocycles. The number of nitrogens with zero attached hydrogens (tertiary/aromatic N) is 4. The summed E-state index contributed by atoms with van der Waals surface area (Å²) in [5.41, 5.74) is 2.73. The predicted molar refractivity (Wildman–Crippen MR) is 157 cm³/mol. The number of amides is 1. The van der Waals surface area contributed by atoms with Crippen LogP contribution in [0.15, 0.2) is 61.2 Å². The minimum absolute atomic E-state index is 0.0266. The fourth-order valence-electron chi connectivity index (χ4n) is 5.96. The first kappa shape index (κ1) is 29.8. The first-order valence-corrected chi connectivity index (χ1v) is 14.5. The number of esters is 1. The molecule has 1 amide bonds. The summed E-state index contributed by atoms with van der Waals surface area (Å²) in [5, 5.41) is 10.3. The Kier molecular flexibility index (Phi) is 10.4. The second-order valence-electron chi connectivity index (χ2n) is 10.9. The van der Waals surface area contributed by atoms with Gasteiger partial charge in [0, 0.05) is 70.0 Å². The predicted octanol–water partition coefficient (Wildman–Crippen LogP) is 3.77. The van der Waals surface area contributed by atoms with Gasteiger partial charge in [-0.2, -0.15) is 0 Å². The van der Waals surface area contributed by atoms with Gasteiger partial charge in [-0.3, -0.25) is 24.3 Å². The minimum atomic E-state index is -0.176. The summed E-state index contributed by atoms with van der Waals surface area (Å²) in [6, 6.07) is 16.0. The van der Waals surface area contributed by atoms with E-state index in [0.717, 1.165) is 43.9 Å². The van der Waals surface area contributed by atoms with Crippen LogP contribution in [-0.4, -0.2) is 108 Å². The van der Waals surface area contributed by atoms with Crippen LogP contribution in [0.2, 0.25) is 0 Å². The Morgan fingerprint density at radius 3 is 2.40 bits per heavy atom. The van der Waals surface area contributed by atoms with Gasteiger partial charge in [0.25, 0.3) is 5.91 Å². The van der Waals surface area contributed by atoms with Crippen LogP contribution in [-0.2, 0) is 9.53 Å². The molecular formula is C32H44N4O4. The van der Waals surface area contributed by atoms with Crippen molar-refractivity contribution in [1.29, 1.82) is 0 Å². The maximum absolute atomic E-state index is 13.6. The molecule has 3 atom stereocenters. The molecule has 2 heterocycles. The lowest BCUT2D eigenvalue weighted by molar-refractivity contribution is -0.143. The van der Waals surface area contributed by atoms with Crippen LogP contribution in [0.5, 0.6) is 5.75 Å². The van der Waals surface area contributed by atoms with E-state index in [4.69, 9.17) is 4.74 Å². The number of phenols is 1. The molecule has 0 bridgehead atoms. The van der Waals surface area contributed by atoms with Crippen molar-refractivity contribution in [2.24, 2.45) is 0 Å². The molecule has 1 N–H and O–H groups in total. The molecule has 0 saturated carbocycles. The van der Waals surface area contributed by atoms with Crippen molar-refractivity contribution in [3.8, 4) is 5.75 Å². The molecule has 2 aliphatic heterocycles. The van der Waals surface area contributed by atoms with E-state index in [9.17, 15) is 14.7 Å². The van der Waals surface area contributed by atoms with E-state index in [0.29, 0.717) is 44.3 Å². The molecule has 0 spiro atoms. The highest BCUT2D eigenvalue weighted by Gasteiger charge is 2.35. The number of rotatable bonds is 10. The average molecular weight is 549 g/mol. The van der Waals surface area contributed by atoms with Crippen molar-refractivity contribution >= 4 is 11.9 Å². The van der Waals surface area contributed by atoms with E-state index in [1.807, 2.05) is 48.2 Å². The third kappa shape index (κ3) is 7.30. The van der Waals surface area contributed by atoms with E-state index in [1.165, 1.54) is 0 Å². The zero-order valence-electron chi connectivity index (χ0n) is 24.2. The van der Waals surface area contributed by atoms with Crippen LogP contribution in [0, 0.1) is 0 Å². The van der Waals surface area contributed by atoms with E-state index in [2.05, 4.69) is 47.3 Å². The molecule has 216 valence electrons. The fraction of sp³-hybridized carbons (Fsp3) is 0.500. The van der Waals surface area contributed by atoms with Crippen molar-refractivity contribution in [1.82, 2.24) is 19.6 Å². The Bertz CT molecular complexity index is 1160. The Balaban J connectivity index is 1.52. The zero-order chi connectivity index (χ0) is 28.6. The summed E-state index contributed by atoms with van der Waals surface area (Å²) in [4.78, 5) is 34.4. The number of ether oxygens (including phenoxy) is 1. The van der Waals surface area contributed by atoms with E-state index in [1.54, 1.807) is 6.07 Å². The molecule has 8 heteroatoms. The van der Waals surface area contributed by atoms with Crippen LogP contribution in [0.3, 0.4) is 0 Å². The Morgan fingerprint density at radius 2 is 1.73 bits per heavy atom. The van der Waals surface area contributed by atoms with Gasteiger partial charge in [-0.1, -0.05) is 30.3 Å². The lowest BCUT2D eigenvalue weighted by atomic mass is 9.92. The largest absolute Gasteiger partial charge is 0.508 e. The number of benzene rings is 2. The number of piperazine rings is 2. The summed E-state index contributed by atoms with van der Waals surface area (Å²) in [5.74, 6) is 0.0882. The molecule has 2 saturated heterocycles. The summed E-state index contributed by atoms with van der Waals surface area (Å²) >= 11 is 0. The monoisotopic (exact) mass is 548 g/mol. The highest BCUT2D eigenvalue weighted by Crippen LogP contribution is 2.35. The smallest absolute Gasteiger partial charge is 0.307 e. The van der Waals surface area contributed by atoms with Crippen LogP contribution in [0.4, 0.5) is 0 Å². The third-order valence-electron chi connectivity index (χ3n) is 8.09. The SMILES string of the molecule is C=CCN1C[C@H](C)N(C(c2cccc(O)c2)c2cccc(C(=O)N3CCN(CCC(=O)OCC)CC3)c2)C[C@H]1C. The van der Waals surface area contributed by atoms with Gasteiger partial charge in [-0.05, 0) is 56.2 Å². The molecule has 2 aromatic rings. The average Bonchev–Trinajstić information content (AvgIpc) is 2.95. The zero-order valence-corrected chi connectivity index (χ0v) is 24.2. The number of aromatic hydroxyl groups is 1. The van der Waals surface area contributed by atoms with Gasteiger partial charge < -0.3 is 14.7 Å². The number of hydrogen-bond acceptors (Lipinski definition) is 7. The molecule has 1 unspecified atom stereocenters. The lowest BCUT2D eigenvalue weighted by Gasteiger charge is -2.47. The molecule has 0 aliphatic carbocycles. The molecule has 2 aliphatic rings. The van der Waals surface area contributed by atoms with Crippen molar-refractivity contribution in [2.75, 3.05) is 59.0 Å². The van der Waals surface area contributed by atoms with Crippen LogP contribution in [0.25, 0.3) is 0 Å². The Labute approximate surface area is 238 Å². The first-order chi connectivity index (χ1) is 19.3. The topological polar surface area (TPSA) is 76.6 Å². The second-order valence-corrected chi connectivity index (χ2v) is 10.9. The Morgan fingerprint density at radius 1 is 1.02 bits per heavy atom. The van der Waals surface area contributed by atoms with E-state index in [-0.39, 0.29) is 29.7 Å². The number of carbonyl (C=O) groups is 2. The van der Waals surface area contributed by atoms with Crippen molar-refractivity contribution < 1.29 is 19.4 Å². The third-order valence-corrected chi connectivity index (χ3v) is 8.09. The lowest BCUT2D eigenvalue weighted by Crippen LogP contribution is -2.57. The van der Waals surface area contributed by atoms with Gasteiger partial charge in [0.15, 0.2) is 0 Å². The highest BCUT2D eigenvalue weighted by atomic mass is 16.5. The van der Waals surface area contributed by atoms with Crippen LogP contribution >= 0.6 is 0 Å². The summed E-state index contributed by atoms with van der Waals surface area (Å²) in [7, 11) is 0. The minimum Gasteiger partial charge on any atom is -0.508 e. The summed E-state index contributed by atoms with van der Waals surface area (Å²) < 4.78 is 5.04. The molecular weight excluding hydrogens is 504 g/mol. The van der Waals surface area contributed by atoms with Crippen LogP contribution in [0.1, 0.15) is 54.7 Å². The number of carbonyl (C=O) groups excluding carboxylic acids is 2. The van der Waals surface area contributed by atoms with Crippen molar-refractivity contribution in [3.63, 3.8) is 0 Å². The maximum atomic E-state index is 13.6. The number of phenolic OH excluding ortho intramolecular Hbond substituents is 1. The molecule has 2 fully saturated rings. The Hall–Kier alpha value is -3.20. The first-order valence-electron chi connectivity index (χ1n) is 14.5. The van der Waals surface area contributed by atoms with Gasteiger partial charge in [0.2, 0.25) is 0 Å². The highest BCUT2D eigenvalue weighted by molar-refractivity contribution is 5.94. The van der Waals surface area contributed by atoms with Gasteiger partial charge in [0.1, 0.15) is 5.75 Å². The standard InChI is InChI=1S/C32H44N4O4/c1-5-14-35-22-25(4)36(23-24(35)3)31(27-10-8-12-29(37)21-27)26-9-7-11-28(20-26)32(39)34-18-16-33(17-19-34)15-13-30(38)40-6-2/h5,7-12,20-21,24-25,31,37H,1,6,13-19,22-23H2,2-4H3/t24-,25+,31?/m1/s1. The van der Waals surface area contributed by atoms with Crippen molar-refractivity contribution in [3.05, 3.63) is 77.9 Å². The van der Waals surface area contributed by atoms with E-state index >= 15 is 0 Å². The number of hydrogen-bond donors (Lipinski definition) is 1. The second kappa shape index (κ2) is 13.9. The molecule has 4 rings (SSSR count). The molecule has 0 radical (unpaired) electrons. The van der Waals surface area contributed by atoms with Gasteiger partial charge in [0.05, 0.1) is 19.1 Å². The van der Waals surface area contributed by atoms with E-state index < -0.39 is 0 Å². The van der Waals surface area contributed by atoms with Crippen molar-refractivity contribution in [2.45, 2.75) is 45.3 Å². The van der Waals surface area contributed by atoms with Gasteiger partial charge in [-0.25, -0.2) is 0 Å². The van der Waals surface area contributed by atoms with Crippen LogP contribution < -0.4 is 0 Å². The molecule has 8 nitrogen and oxygen atoms in total. The summed E-state index contributed by atoms with van der Waals surface area (Å²) in [6.45, 7) is 16.6. The van der Waals surface area contributed by atoms with Gasteiger partial charge >= 0.3 is 5.97 Å². The summed E-state index contributed by atoms with van der Waals surface area (Å²) in [6.07, 6.45) is 2.33. The quantitative estimate of drug-likeness (QED) is 0.358.